The Morgan fingerprint density at radius 1 is 1.46 bits per heavy atom. The summed E-state index contributed by atoms with van der Waals surface area (Å²) in [5.74, 6) is 0.370. The molecule has 1 amide bonds. The number of nitrogens with zero attached hydrogens (tertiary/aromatic N) is 3. The monoisotopic (exact) mass is 377 g/mol. The van der Waals surface area contributed by atoms with Crippen LogP contribution in [0.2, 0.25) is 0 Å². The van der Waals surface area contributed by atoms with Crippen LogP contribution < -0.4 is 5.32 Å². The van der Waals surface area contributed by atoms with Gasteiger partial charge in [0.1, 0.15) is 0 Å². The highest BCUT2D eigenvalue weighted by atomic mass is 32.2. The summed E-state index contributed by atoms with van der Waals surface area (Å²) >= 11 is 1.16. The standard InChI is InChI=1S/C16H19N5O4S/c1-9(2)7-17-15(23)12-4-11(5-13(6-12)21(24)25)14-18-16(20-19-14)26-8-10(3)22/h4-6,9,22H,3,7-8H2,1-2H3,(H,17,23)(H,18,19,20). The number of nitro benzene ring substituents is 1. The largest absolute Gasteiger partial charge is 0.512 e. The van der Waals surface area contributed by atoms with E-state index in [0.717, 1.165) is 11.8 Å². The molecule has 0 aliphatic carbocycles. The second-order valence-corrected chi connectivity index (χ2v) is 6.89. The molecular weight excluding hydrogens is 358 g/mol. The third kappa shape index (κ3) is 5.31. The van der Waals surface area contributed by atoms with E-state index in [4.69, 9.17) is 5.11 Å². The van der Waals surface area contributed by atoms with Crippen molar-refractivity contribution in [3.63, 3.8) is 0 Å². The molecule has 1 heterocycles. The van der Waals surface area contributed by atoms with Gasteiger partial charge in [0.2, 0.25) is 5.16 Å². The number of aliphatic hydroxyl groups excluding tert-OH is 1. The minimum Gasteiger partial charge on any atom is -0.512 e. The summed E-state index contributed by atoms with van der Waals surface area (Å²) in [7, 11) is 0. The topological polar surface area (TPSA) is 134 Å². The number of thioether (sulfide) groups is 1. The second kappa shape index (κ2) is 8.48. The highest BCUT2D eigenvalue weighted by Gasteiger charge is 2.17. The number of non-ortho nitro benzene ring substituents is 1. The zero-order chi connectivity index (χ0) is 19.3. The third-order valence-electron chi connectivity index (χ3n) is 3.17. The van der Waals surface area contributed by atoms with E-state index in [1.54, 1.807) is 0 Å². The first-order valence-corrected chi connectivity index (χ1v) is 8.74. The van der Waals surface area contributed by atoms with Gasteiger partial charge in [-0.15, -0.1) is 5.10 Å². The van der Waals surface area contributed by atoms with Gasteiger partial charge >= 0.3 is 0 Å². The molecule has 0 unspecified atom stereocenters. The number of hydrogen-bond acceptors (Lipinski definition) is 7. The number of aromatic amines is 1. The lowest BCUT2D eigenvalue weighted by Crippen LogP contribution is -2.27. The number of H-pyrrole nitrogens is 1. The third-order valence-corrected chi connectivity index (χ3v) is 4.09. The molecule has 9 nitrogen and oxygen atoms in total. The number of carbonyl (C=O) groups is 1. The van der Waals surface area contributed by atoms with Gasteiger partial charge in [-0.3, -0.25) is 20.0 Å². The van der Waals surface area contributed by atoms with Crippen molar-refractivity contribution in [1.82, 2.24) is 20.5 Å². The molecule has 0 fully saturated rings. The van der Waals surface area contributed by atoms with E-state index in [9.17, 15) is 14.9 Å². The van der Waals surface area contributed by atoms with Crippen molar-refractivity contribution in [2.45, 2.75) is 19.0 Å². The van der Waals surface area contributed by atoms with Crippen LogP contribution in [0.25, 0.3) is 11.4 Å². The van der Waals surface area contributed by atoms with E-state index in [-0.39, 0.29) is 34.5 Å². The second-order valence-electron chi connectivity index (χ2n) is 5.95. The van der Waals surface area contributed by atoms with Gasteiger partial charge in [0.15, 0.2) is 5.82 Å². The minimum atomic E-state index is -0.565. The zero-order valence-electron chi connectivity index (χ0n) is 14.4. The van der Waals surface area contributed by atoms with Crippen molar-refractivity contribution in [1.29, 1.82) is 0 Å². The summed E-state index contributed by atoms with van der Waals surface area (Å²) in [6, 6.07) is 4.06. The quantitative estimate of drug-likeness (QED) is 0.279. The van der Waals surface area contributed by atoms with Crippen molar-refractivity contribution >= 4 is 23.4 Å². The molecule has 10 heteroatoms. The Morgan fingerprint density at radius 3 is 2.81 bits per heavy atom. The van der Waals surface area contributed by atoms with Gasteiger partial charge in [-0.25, -0.2) is 4.98 Å². The molecule has 0 aliphatic rings. The Bertz CT molecular complexity index is 834. The van der Waals surface area contributed by atoms with Crippen LogP contribution in [-0.4, -0.2) is 43.4 Å². The molecule has 1 aromatic carbocycles. The molecule has 0 saturated carbocycles. The van der Waals surface area contributed by atoms with E-state index in [1.807, 2.05) is 13.8 Å². The molecule has 0 aliphatic heterocycles. The number of benzene rings is 1. The average molecular weight is 377 g/mol. The van der Waals surface area contributed by atoms with Crippen molar-refractivity contribution in [2.75, 3.05) is 12.3 Å². The van der Waals surface area contributed by atoms with Crippen LogP contribution in [0.15, 0.2) is 35.7 Å². The summed E-state index contributed by atoms with van der Waals surface area (Å²) in [6.45, 7) is 7.74. The molecule has 2 aromatic rings. The molecule has 26 heavy (non-hydrogen) atoms. The van der Waals surface area contributed by atoms with E-state index in [1.165, 1.54) is 18.2 Å². The molecule has 2 rings (SSSR count). The Hall–Kier alpha value is -2.88. The summed E-state index contributed by atoms with van der Waals surface area (Å²) in [4.78, 5) is 27.1. The fraction of sp³-hybridized carbons (Fsp3) is 0.312. The van der Waals surface area contributed by atoms with Crippen LogP contribution in [0, 0.1) is 16.0 Å². The lowest BCUT2D eigenvalue weighted by Gasteiger charge is -2.08. The molecule has 3 N–H and O–H groups in total. The summed E-state index contributed by atoms with van der Waals surface area (Å²) in [5, 5.41) is 30.1. The normalized spacial score (nSPS) is 10.7. The van der Waals surface area contributed by atoms with Crippen LogP contribution in [0.5, 0.6) is 0 Å². The van der Waals surface area contributed by atoms with Gasteiger partial charge in [-0.1, -0.05) is 32.2 Å². The van der Waals surface area contributed by atoms with E-state index >= 15 is 0 Å². The maximum atomic E-state index is 12.3. The SMILES string of the molecule is C=C(O)CSc1n[nH]c(-c2cc(C(=O)NCC(C)C)cc([N+](=O)[O-])c2)n1. The van der Waals surface area contributed by atoms with Gasteiger partial charge in [-0.2, -0.15) is 0 Å². The van der Waals surface area contributed by atoms with Gasteiger partial charge in [0, 0.05) is 29.8 Å². The zero-order valence-corrected chi connectivity index (χ0v) is 15.2. The van der Waals surface area contributed by atoms with Gasteiger partial charge in [0.25, 0.3) is 11.6 Å². The number of carbonyl (C=O) groups excluding carboxylic acids is 1. The fourth-order valence-electron chi connectivity index (χ4n) is 1.97. The van der Waals surface area contributed by atoms with E-state index in [0.29, 0.717) is 17.3 Å². The molecule has 0 bridgehead atoms. The van der Waals surface area contributed by atoms with E-state index in [2.05, 4.69) is 27.1 Å². The number of aliphatic hydroxyl groups is 1. The first kappa shape index (κ1) is 19.4. The van der Waals surface area contributed by atoms with E-state index < -0.39 is 10.8 Å². The first-order valence-electron chi connectivity index (χ1n) is 7.76. The lowest BCUT2D eigenvalue weighted by atomic mass is 10.1. The number of rotatable bonds is 8. The maximum Gasteiger partial charge on any atom is 0.270 e. The van der Waals surface area contributed by atoms with Gasteiger partial charge < -0.3 is 10.4 Å². The Morgan fingerprint density at radius 2 is 2.19 bits per heavy atom. The van der Waals surface area contributed by atoms with Crippen LogP contribution in [0.1, 0.15) is 24.2 Å². The summed E-state index contributed by atoms with van der Waals surface area (Å²) in [5.41, 5.74) is 0.326. The molecule has 0 saturated heterocycles. The lowest BCUT2D eigenvalue weighted by molar-refractivity contribution is -0.384. The first-order chi connectivity index (χ1) is 12.3. The number of hydrogen-bond donors (Lipinski definition) is 3. The highest BCUT2D eigenvalue weighted by molar-refractivity contribution is 7.99. The van der Waals surface area contributed by atoms with Crippen molar-refractivity contribution in [3.05, 3.63) is 46.2 Å². The summed E-state index contributed by atoms with van der Waals surface area (Å²) in [6.07, 6.45) is 0. The molecule has 1 aromatic heterocycles. The van der Waals surface area contributed by atoms with Crippen molar-refractivity contribution in [3.8, 4) is 11.4 Å². The average Bonchev–Trinajstić information content (AvgIpc) is 3.06. The molecule has 138 valence electrons. The highest BCUT2D eigenvalue weighted by Crippen LogP contribution is 2.25. The number of nitrogens with one attached hydrogen (secondary N) is 2. The number of aromatic nitrogens is 3. The summed E-state index contributed by atoms with van der Waals surface area (Å²) < 4.78 is 0. The smallest absolute Gasteiger partial charge is 0.270 e. The fourth-order valence-corrected chi connectivity index (χ4v) is 2.53. The predicted molar refractivity (Wildman–Crippen MR) is 98.1 cm³/mol. The van der Waals surface area contributed by atoms with Crippen LogP contribution in [0.4, 0.5) is 5.69 Å². The molecule has 0 spiro atoms. The maximum absolute atomic E-state index is 12.3. The van der Waals surface area contributed by atoms with Gasteiger partial charge in [-0.05, 0) is 12.0 Å². The predicted octanol–water partition coefficient (Wildman–Crippen LogP) is 2.93. The molecule has 0 atom stereocenters. The van der Waals surface area contributed by atoms with Crippen molar-refractivity contribution < 1.29 is 14.8 Å². The number of amides is 1. The Kier molecular flexibility index (Phi) is 6.34. The minimum absolute atomic E-state index is 0.0131. The molecule has 0 radical (unpaired) electrons. The number of nitro groups is 1. The Balaban J connectivity index is 2.31. The van der Waals surface area contributed by atoms with Crippen LogP contribution >= 0.6 is 11.8 Å². The van der Waals surface area contributed by atoms with Gasteiger partial charge in [0.05, 0.1) is 16.4 Å². The Labute approximate surface area is 154 Å². The van der Waals surface area contributed by atoms with Crippen LogP contribution in [0.3, 0.4) is 0 Å². The van der Waals surface area contributed by atoms with Crippen molar-refractivity contribution in [2.24, 2.45) is 5.92 Å². The van der Waals surface area contributed by atoms with Crippen LogP contribution in [-0.2, 0) is 0 Å². The molecular formula is C16H19N5O4S.